The third-order valence-electron chi connectivity index (χ3n) is 4.98. The van der Waals surface area contributed by atoms with E-state index in [1.54, 1.807) is 0 Å². The second-order valence-electron chi connectivity index (χ2n) is 7.32. The third kappa shape index (κ3) is 2.13. The SMILES string of the molecule is Cc1nc2oc3c(c2c(C)c1Cl)NCN(C)C3=NC1CC1(C)C. The molecule has 1 fully saturated rings. The first-order valence-electron chi connectivity index (χ1n) is 7.92. The van der Waals surface area contributed by atoms with E-state index in [0.717, 1.165) is 40.3 Å². The summed E-state index contributed by atoms with van der Waals surface area (Å²) in [5.41, 5.74) is 3.67. The van der Waals surface area contributed by atoms with E-state index in [1.165, 1.54) is 0 Å². The molecular weight excluding hydrogens is 312 g/mol. The Morgan fingerprint density at radius 1 is 1.39 bits per heavy atom. The first-order chi connectivity index (χ1) is 10.8. The van der Waals surface area contributed by atoms with Crippen LogP contribution in [0.5, 0.6) is 0 Å². The molecule has 2 aromatic heterocycles. The van der Waals surface area contributed by atoms with E-state index in [1.807, 2.05) is 20.9 Å². The lowest BCUT2D eigenvalue weighted by Gasteiger charge is -2.26. The summed E-state index contributed by atoms with van der Waals surface area (Å²) in [4.78, 5) is 11.5. The predicted molar refractivity (Wildman–Crippen MR) is 93.5 cm³/mol. The van der Waals surface area contributed by atoms with Gasteiger partial charge in [-0.05, 0) is 31.2 Å². The van der Waals surface area contributed by atoms with E-state index in [0.29, 0.717) is 28.9 Å². The van der Waals surface area contributed by atoms with Crippen molar-refractivity contribution in [3.05, 3.63) is 22.0 Å². The molecule has 6 heteroatoms. The molecule has 122 valence electrons. The largest absolute Gasteiger partial charge is 0.432 e. The molecule has 0 aromatic carbocycles. The summed E-state index contributed by atoms with van der Waals surface area (Å²) >= 11 is 6.38. The molecule has 0 saturated heterocycles. The Kier molecular flexibility index (Phi) is 2.98. The molecule has 0 spiro atoms. The Morgan fingerprint density at radius 2 is 2.09 bits per heavy atom. The molecule has 1 saturated carbocycles. The highest BCUT2D eigenvalue weighted by molar-refractivity contribution is 6.33. The van der Waals surface area contributed by atoms with Gasteiger partial charge in [-0.15, -0.1) is 0 Å². The average Bonchev–Trinajstić information content (AvgIpc) is 2.91. The Hall–Kier alpha value is -1.75. The molecule has 1 aliphatic heterocycles. The molecule has 0 radical (unpaired) electrons. The van der Waals surface area contributed by atoms with Crippen molar-refractivity contribution < 1.29 is 4.42 Å². The number of nitrogens with zero attached hydrogens (tertiary/aromatic N) is 3. The van der Waals surface area contributed by atoms with Gasteiger partial charge in [0.1, 0.15) is 0 Å². The van der Waals surface area contributed by atoms with E-state index >= 15 is 0 Å². The van der Waals surface area contributed by atoms with Gasteiger partial charge in [-0.3, -0.25) is 4.99 Å². The van der Waals surface area contributed by atoms with Gasteiger partial charge in [-0.1, -0.05) is 25.4 Å². The van der Waals surface area contributed by atoms with E-state index in [9.17, 15) is 0 Å². The summed E-state index contributed by atoms with van der Waals surface area (Å²) in [5.74, 6) is 1.68. The number of halogens is 1. The van der Waals surface area contributed by atoms with E-state index in [4.69, 9.17) is 21.0 Å². The van der Waals surface area contributed by atoms with E-state index in [2.05, 4.69) is 29.0 Å². The first-order valence-corrected chi connectivity index (χ1v) is 8.30. The minimum atomic E-state index is 0.291. The van der Waals surface area contributed by atoms with Gasteiger partial charge in [0.2, 0.25) is 5.71 Å². The van der Waals surface area contributed by atoms with Crippen LogP contribution in [0, 0.1) is 19.3 Å². The van der Waals surface area contributed by atoms with Crippen molar-refractivity contribution in [1.29, 1.82) is 0 Å². The highest BCUT2D eigenvalue weighted by Gasteiger charge is 2.46. The molecule has 4 rings (SSSR count). The number of hydrogen-bond acceptors (Lipinski definition) is 4. The molecule has 5 nitrogen and oxygen atoms in total. The summed E-state index contributed by atoms with van der Waals surface area (Å²) in [6.07, 6.45) is 1.12. The highest BCUT2D eigenvalue weighted by atomic mass is 35.5. The van der Waals surface area contributed by atoms with Gasteiger partial charge in [0.05, 0.1) is 34.5 Å². The van der Waals surface area contributed by atoms with Crippen LogP contribution in [0.4, 0.5) is 5.69 Å². The van der Waals surface area contributed by atoms with Crippen LogP contribution in [0.2, 0.25) is 5.02 Å². The van der Waals surface area contributed by atoms with Crippen LogP contribution in [0.3, 0.4) is 0 Å². The molecule has 1 unspecified atom stereocenters. The van der Waals surface area contributed by atoms with Crippen LogP contribution in [-0.4, -0.2) is 35.5 Å². The summed E-state index contributed by atoms with van der Waals surface area (Å²) < 4.78 is 6.08. The van der Waals surface area contributed by atoms with Crippen molar-refractivity contribution >= 4 is 34.2 Å². The van der Waals surface area contributed by atoms with Crippen LogP contribution >= 0.6 is 11.6 Å². The zero-order valence-corrected chi connectivity index (χ0v) is 14.9. The molecule has 1 N–H and O–H groups in total. The van der Waals surface area contributed by atoms with Crippen molar-refractivity contribution in [2.24, 2.45) is 10.4 Å². The predicted octanol–water partition coefficient (Wildman–Crippen LogP) is 3.96. The van der Waals surface area contributed by atoms with Crippen molar-refractivity contribution in [2.45, 2.75) is 40.2 Å². The van der Waals surface area contributed by atoms with Gasteiger partial charge < -0.3 is 14.6 Å². The Bertz CT molecular complexity index is 852. The molecule has 1 atom stereocenters. The van der Waals surface area contributed by atoms with Crippen LogP contribution in [0.1, 0.15) is 37.3 Å². The number of anilines is 1. The number of nitrogens with one attached hydrogen (secondary N) is 1. The molecule has 1 aliphatic carbocycles. The number of fused-ring (bicyclic) bond motifs is 3. The average molecular weight is 333 g/mol. The van der Waals surface area contributed by atoms with Crippen LogP contribution in [0.25, 0.3) is 11.1 Å². The molecule has 0 amide bonds. The van der Waals surface area contributed by atoms with Crippen molar-refractivity contribution in [1.82, 2.24) is 9.88 Å². The zero-order chi connectivity index (χ0) is 16.5. The topological polar surface area (TPSA) is 53.7 Å². The zero-order valence-electron chi connectivity index (χ0n) is 14.1. The molecule has 23 heavy (non-hydrogen) atoms. The van der Waals surface area contributed by atoms with Gasteiger partial charge in [0.25, 0.3) is 0 Å². The van der Waals surface area contributed by atoms with Gasteiger partial charge in [-0.2, -0.15) is 0 Å². The number of aryl methyl sites for hydroxylation is 2. The summed E-state index contributed by atoms with van der Waals surface area (Å²) in [6.45, 7) is 9.10. The van der Waals surface area contributed by atoms with Crippen LogP contribution in [-0.2, 0) is 0 Å². The maximum Gasteiger partial charge on any atom is 0.229 e. The molecule has 0 bridgehead atoms. The number of amidine groups is 1. The van der Waals surface area contributed by atoms with Gasteiger partial charge >= 0.3 is 0 Å². The van der Waals surface area contributed by atoms with Crippen molar-refractivity contribution in [3.8, 4) is 0 Å². The summed E-state index contributed by atoms with van der Waals surface area (Å²) in [5, 5.41) is 5.08. The third-order valence-corrected chi connectivity index (χ3v) is 5.53. The fourth-order valence-corrected chi connectivity index (χ4v) is 3.30. The Morgan fingerprint density at radius 3 is 2.74 bits per heavy atom. The minimum Gasteiger partial charge on any atom is -0.432 e. The second-order valence-corrected chi connectivity index (χ2v) is 7.69. The fraction of sp³-hybridized carbons (Fsp3) is 0.529. The monoisotopic (exact) mass is 332 g/mol. The number of rotatable bonds is 1. The number of aromatic nitrogens is 1. The van der Waals surface area contributed by atoms with E-state index < -0.39 is 0 Å². The minimum absolute atomic E-state index is 0.291. The lowest BCUT2D eigenvalue weighted by molar-refractivity contribution is 0.492. The fourth-order valence-electron chi connectivity index (χ4n) is 3.16. The van der Waals surface area contributed by atoms with Gasteiger partial charge in [0.15, 0.2) is 11.6 Å². The molecule has 3 heterocycles. The second kappa shape index (κ2) is 4.63. The van der Waals surface area contributed by atoms with Crippen LogP contribution in [0.15, 0.2) is 9.41 Å². The Balaban J connectivity index is 1.92. The standard InChI is InChI=1S/C17H21ClN4O/c1-8-11-13-14(23-16(11)20-9(2)12(8)18)15(22(5)7-19-13)21-10-6-17(10,3)4/h10,19H,6-7H2,1-5H3. The van der Waals surface area contributed by atoms with Crippen molar-refractivity contribution in [3.63, 3.8) is 0 Å². The highest BCUT2D eigenvalue weighted by Crippen LogP contribution is 2.48. The van der Waals surface area contributed by atoms with Gasteiger partial charge in [-0.25, -0.2) is 4.98 Å². The molecule has 2 aliphatic rings. The number of aliphatic imine (C=N–C) groups is 1. The number of pyridine rings is 1. The first kappa shape index (κ1) is 14.8. The maximum atomic E-state index is 6.38. The smallest absolute Gasteiger partial charge is 0.229 e. The summed E-state index contributed by atoms with van der Waals surface area (Å²) in [6, 6.07) is 0.360. The van der Waals surface area contributed by atoms with Crippen molar-refractivity contribution in [2.75, 3.05) is 19.0 Å². The number of furan rings is 1. The van der Waals surface area contributed by atoms with Crippen LogP contribution < -0.4 is 5.32 Å². The quantitative estimate of drug-likeness (QED) is 0.858. The van der Waals surface area contributed by atoms with E-state index in [-0.39, 0.29) is 0 Å². The molecule has 2 aromatic rings. The number of hydrogen-bond donors (Lipinski definition) is 1. The Labute approximate surface area is 140 Å². The lowest BCUT2D eigenvalue weighted by atomic mass is 10.1. The molecular formula is C17H21ClN4O. The lowest BCUT2D eigenvalue weighted by Crippen LogP contribution is -2.37. The summed E-state index contributed by atoms with van der Waals surface area (Å²) in [7, 11) is 2.02. The van der Waals surface area contributed by atoms with Gasteiger partial charge in [0, 0.05) is 7.05 Å². The maximum absolute atomic E-state index is 6.38. The normalized spacial score (nSPS) is 24.0.